The van der Waals surface area contributed by atoms with Crippen molar-refractivity contribution in [3.05, 3.63) is 12.2 Å². The van der Waals surface area contributed by atoms with Gasteiger partial charge in [-0.15, -0.1) is 0 Å². The van der Waals surface area contributed by atoms with Crippen molar-refractivity contribution in [2.45, 2.75) is 13.0 Å². The Morgan fingerprint density at radius 1 is 1.70 bits per heavy atom. The van der Waals surface area contributed by atoms with E-state index in [4.69, 9.17) is 5.73 Å². The van der Waals surface area contributed by atoms with Crippen LogP contribution in [0.4, 0.5) is 0 Å². The van der Waals surface area contributed by atoms with Gasteiger partial charge in [0.25, 0.3) is 6.47 Å². The van der Waals surface area contributed by atoms with Gasteiger partial charge >= 0.3 is 0 Å². The van der Waals surface area contributed by atoms with Gasteiger partial charge in [-0.05, 0) is 13.0 Å². The molecule has 0 aliphatic heterocycles. The van der Waals surface area contributed by atoms with Crippen molar-refractivity contribution in [1.82, 2.24) is 0 Å². The molecule has 4 nitrogen and oxygen atoms in total. The molecule has 2 N–H and O–H groups in total. The third-order valence-corrected chi connectivity index (χ3v) is 0.802. The Morgan fingerprint density at radius 3 is 2.70 bits per heavy atom. The second-order valence-electron chi connectivity index (χ2n) is 1.70. The van der Waals surface area contributed by atoms with Crippen molar-refractivity contribution >= 4 is 12.4 Å². The molecule has 0 aliphatic rings. The van der Waals surface area contributed by atoms with Crippen LogP contribution in [0, 0.1) is 0 Å². The summed E-state index contributed by atoms with van der Waals surface area (Å²) in [4.78, 5) is 19.8. The average molecular weight is 143 g/mol. The van der Waals surface area contributed by atoms with Crippen LogP contribution in [0.5, 0.6) is 0 Å². The summed E-state index contributed by atoms with van der Waals surface area (Å²) in [5.74, 6) is -0.554. The zero-order valence-corrected chi connectivity index (χ0v) is 5.61. The van der Waals surface area contributed by atoms with Crippen LogP contribution in [0.15, 0.2) is 12.2 Å². The highest BCUT2D eigenvalue weighted by molar-refractivity contribution is 5.85. The first-order valence-electron chi connectivity index (χ1n) is 2.73. The fourth-order valence-electron chi connectivity index (χ4n) is 0.363. The lowest BCUT2D eigenvalue weighted by Gasteiger charge is -2.00. The van der Waals surface area contributed by atoms with Gasteiger partial charge in [0, 0.05) is 6.08 Å². The van der Waals surface area contributed by atoms with Gasteiger partial charge in [-0.1, -0.05) is 0 Å². The number of ether oxygens (including phenoxy) is 1. The van der Waals surface area contributed by atoms with Crippen molar-refractivity contribution in [3.63, 3.8) is 0 Å². The van der Waals surface area contributed by atoms with Gasteiger partial charge in [-0.25, -0.2) is 0 Å². The highest BCUT2D eigenvalue weighted by Gasteiger charge is 1.93. The van der Waals surface area contributed by atoms with Gasteiger partial charge in [0.05, 0.1) is 0 Å². The third-order valence-electron chi connectivity index (χ3n) is 0.802. The summed E-state index contributed by atoms with van der Waals surface area (Å²) in [7, 11) is 0. The van der Waals surface area contributed by atoms with Crippen LogP contribution >= 0.6 is 0 Å². The first-order chi connectivity index (χ1) is 4.66. The average Bonchev–Trinajstić information content (AvgIpc) is 1.85. The van der Waals surface area contributed by atoms with E-state index in [0.29, 0.717) is 6.47 Å². The second-order valence-corrected chi connectivity index (χ2v) is 1.70. The van der Waals surface area contributed by atoms with E-state index in [1.165, 1.54) is 6.08 Å². The van der Waals surface area contributed by atoms with Crippen LogP contribution in [0.3, 0.4) is 0 Å². The second kappa shape index (κ2) is 4.55. The molecule has 0 rings (SSSR count). The van der Waals surface area contributed by atoms with E-state index in [0.717, 1.165) is 6.08 Å². The van der Waals surface area contributed by atoms with Gasteiger partial charge in [0.1, 0.15) is 6.10 Å². The lowest BCUT2D eigenvalue weighted by atomic mass is 10.3. The van der Waals surface area contributed by atoms with Crippen molar-refractivity contribution < 1.29 is 14.3 Å². The predicted molar refractivity (Wildman–Crippen MR) is 34.9 cm³/mol. The van der Waals surface area contributed by atoms with Gasteiger partial charge in [0.2, 0.25) is 5.91 Å². The molecule has 0 saturated carbocycles. The first-order valence-corrected chi connectivity index (χ1v) is 2.73. The predicted octanol–water partition coefficient (Wildman–Crippen LogP) is -0.411. The highest BCUT2D eigenvalue weighted by atomic mass is 16.5. The van der Waals surface area contributed by atoms with Crippen molar-refractivity contribution in [1.29, 1.82) is 0 Å². The van der Waals surface area contributed by atoms with Crippen LogP contribution in [0.25, 0.3) is 0 Å². The Labute approximate surface area is 58.7 Å². The molecule has 0 aromatic heterocycles. The molecule has 0 aliphatic carbocycles. The van der Waals surface area contributed by atoms with Crippen LogP contribution in [-0.2, 0) is 14.3 Å². The molecule has 56 valence electrons. The van der Waals surface area contributed by atoms with Crippen molar-refractivity contribution in [3.8, 4) is 0 Å². The molecule has 0 radical (unpaired) electrons. The smallest absolute Gasteiger partial charge is 0.293 e. The first kappa shape index (κ1) is 8.68. The van der Waals surface area contributed by atoms with Crippen LogP contribution in [0.2, 0.25) is 0 Å². The zero-order valence-electron chi connectivity index (χ0n) is 5.61. The zero-order chi connectivity index (χ0) is 7.98. The number of hydrogen-bond acceptors (Lipinski definition) is 3. The van der Waals surface area contributed by atoms with Gasteiger partial charge in [-0.3, -0.25) is 9.59 Å². The number of hydrogen-bond donors (Lipinski definition) is 1. The number of nitrogens with two attached hydrogens (primary N) is 1. The fraction of sp³-hybridized carbons (Fsp3) is 0.333. The molecular weight excluding hydrogens is 134 g/mol. The summed E-state index contributed by atoms with van der Waals surface area (Å²) >= 11 is 0. The van der Waals surface area contributed by atoms with E-state index in [1.807, 2.05) is 0 Å². The normalized spacial score (nSPS) is 12.9. The SMILES string of the molecule is CC(/C=C\C(N)=O)OC=O. The molecule has 0 bridgehead atoms. The van der Waals surface area contributed by atoms with Crippen molar-refractivity contribution in [2.75, 3.05) is 0 Å². The molecule has 4 heteroatoms. The maximum atomic E-state index is 10.1. The Balaban J connectivity index is 3.65. The molecule has 10 heavy (non-hydrogen) atoms. The number of carbonyl (C=O) groups excluding carboxylic acids is 2. The molecule has 0 aromatic carbocycles. The number of carbonyl (C=O) groups is 2. The largest absolute Gasteiger partial charge is 0.461 e. The molecule has 1 unspecified atom stereocenters. The highest BCUT2D eigenvalue weighted by Crippen LogP contribution is 1.88. The molecule has 0 heterocycles. The van der Waals surface area contributed by atoms with E-state index in [2.05, 4.69) is 4.74 Å². The summed E-state index contributed by atoms with van der Waals surface area (Å²) in [5.41, 5.74) is 4.77. The Bertz CT molecular complexity index is 153. The number of primary amides is 1. The summed E-state index contributed by atoms with van der Waals surface area (Å²) in [5, 5.41) is 0. The number of rotatable bonds is 4. The molecule has 0 fully saturated rings. The maximum Gasteiger partial charge on any atom is 0.293 e. The fourth-order valence-corrected chi connectivity index (χ4v) is 0.363. The van der Waals surface area contributed by atoms with Crippen molar-refractivity contribution in [2.24, 2.45) is 5.73 Å². The standard InChI is InChI=1S/C6H9NO3/c1-5(10-4-8)2-3-6(7)9/h2-5H,1H3,(H2,7,9)/b3-2-. The minimum Gasteiger partial charge on any atom is -0.461 e. The van der Waals surface area contributed by atoms with Crippen LogP contribution < -0.4 is 5.73 Å². The third kappa shape index (κ3) is 4.83. The lowest BCUT2D eigenvalue weighted by Crippen LogP contribution is -2.09. The maximum absolute atomic E-state index is 10.1. The van der Waals surface area contributed by atoms with E-state index < -0.39 is 12.0 Å². The van der Waals surface area contributed by atoms with Gasteiger partial charge in [0.15, 0.2) is 0 Å². The minimum atomic E-state index is -0.554. The minimum absolute atomic E-state index is 0.315. The monoisotopic (exact) mass is 143 g/mol. The topological polar surface area (TPSA) is 69.4 Å². The molecule has 1 atom stereocenters. The van der Waals surface area contributed by atoms with Gasteiger partial charge in [-0.2, -0.15) is 0 Å². The summed E-state index contributed by atoms with van der Waals surface area (Å²) in [6.07, 6.45) is 2.15. The van der Waals surface area contributed by atoms with E-state index in [-0.39, 0.29) is 0 Å². The van der Waals surface area contributed by atoms with Gasteiger partial charge < -0.3 is 10.5 Å². The van der Waals surface area contributed by atoms with Crippen LogP contribution in [-0.4, -0.2) is 18.5 Å². The molecule has 0 spiro atoms. The van der Waals surface area contributed by atoms with E-state index in [9.17, 15) is 9.59 Å². The van der Waals surface area contributed by atoms with Crippen LogP contribution in [0.1, 0.15) is 6.92 Å². The summed E-state index contributed by atoms with van der Waals surface area (Å²) < 4.78 is 4.42. The number of amides is 1. The summed E-state index contributed by atoms with van der Waals surface area (Å²) in [6, 6.07) is 0. The Kier molecular flexibility index (Phi) is 3.95. The summed E-state index contributed by atoms with van der Waals surface area (Å²) in [6.45, 7) is 1.93. The Morgan fingerprint density at radius 2 is 2.30 bits per heavy atom. The van der Waals surface area contributed by atoms with E-state index >= 15 is 0 Å². The molecular formula is C6H9NO3. The quantitative estimate of drug-likeness (QED) is 0.429. The van der Waals surface area contributed by atoms with E-state index in [1.54, 1.807) is 6.92 Å². The molecule has 0 aromatic rings. The molecule has 0 saturated heterocycles. The lowest BCUT2D eigenvalue weighted by molar-refractivity contribution is -0.131. The Hall–Kier alpha value is -1.32. The molecule has 1 amide bonds.